The molecule has 1 aromatic heterocycles. The van der Waals surface area contributed by atoms with E-state index in [2.05, 4.69) is 10.00 Å². The standard InChI is InChI=1S/C10H17N3O/c1-12-5-4-10(11-12)13-6-2-9(8-14)3-7-13/h4-5,9,14H,2-3,6-8H2,1H3. The zero-order valence-corrected chi connectivity index (χ0v) is 8.56. The molecular formula is C10H17N3O. The smallest absolute Gasteiger partial charge is 0.150 e. The van der Waals surface area contributed by atoms with E-state index in [1.165, 1.54) is 0 Å². The van der Waals surface area contributed by atoms with Crippen LogP contribution >= 0.6 is 0 Å². The van der Waals surface area contributed by atoms with E-state index in [-0.39, 0.29) is 0 Å². The van der Waals surface area contributed by atoms with E-state index in [1.54, 1.807) is 0 Å². The van der Waals surface area contributed by atoms with Gasteiger partial charge in [-0.2, -0.15) is 5.10 Å². The van der Waals surface area contributed by atoms with Crippen LogP contribution in [0.1, 0.15) is 12.8 Å². The summed E-state index contributed by atoms with van der Waals surface area (Å²) >= 11 is 0. The van der Waals surface area contributed by atoms with E-state index in [9.17, 15) is 0 Å². The lowest BCUT2D eigenvalue weighted by molar-refractivity contribution is 0.202. The first kappa shape index (κ1) is 9.52. The molecular weight excluding hydrogens is 178 g/mol. The molecule has 0 amide bonds. The fourth-order valence-electron chi connectivity index (χ4n) is 1.92. The van der Waals surface area contributed by atoms with Gasteiger partial charge in [-0.25, -0.2) is 0 Å². The highest BCUT2D eigenvalue weighted by Gasteiger charge is 2.19. The molecule has 1 saturated heterocycles. The summed E-state index contributed by atoms with van der Waals surface area (Å²) in [6.07, 6.45) is 4.12. The minimum Gasteiger partial charge on any atom is -0.396 e. The second-order valence-electron chi connectivity index (χ2n) is 3.96. The summed E-state index contributed by atoms with van der Waals surface area (Å²) in [6, 6.07) is 2.04. The maximum atomic E-state index is 9.01. The Labute approximate surface area is 84.1 Å². The van der Waals surface area contributed by atoms with Crippen molar-refractivity contribution < 1.29 is 5.11 Å². The Morgan fingerprint density at radius 1 is 1.50 bits per heavy atom. The van der Waals surface area contributed by atoms with Crippen LogP contribution in [0.4, 0.5) is 5.82 Å². The summed E-state index contributed by atoms with van der Waals surface area (Å²) in [7, 11) is 1.93. The SMILES string of the molecule is Cn1ccc(N2CCC(CO)CC2)n1. The van der Waals surface area contributed by atoms with Crippen LogP contribution in [0, 0.1) is 5.92 Å². The molecule has 2 heterocycles. The van der Waals surface area contributed by atoms with Gasteiger partial charge in [0, 0.05) is 39.0 Å². The zero-order chi connectivity index (χ0) is 9.97. The fraction of sp³-hybridized carbons (Fsp3) is 0.700. The van der Waals surface area contributed by atoms with E-state index in [0.29, 0.717) is 12.5 Å². The van der Waals surface area contributed by atoms with Crippen LogP contribution in [-0.4, -0.2) is 34.6 Å². The Kier molecular flexibility index (Phi) is 2.72. The number of aryl methyl sites for hydroxylation is 1. The molecule has 14 heavy (non-hydrogen) atoms. The predicted molar refractivity (Wildman–Crippen MR) is 55.2 cm³/mol. The molecule has 2 rings (SSSR count). The average molecular weight is 195 g/mol. The van der Waals surface area contributed by atoms with Gasteiger partial charge in [0.15, 0.2) is 5.82 Å². The van der Waals surface area contributed by atoms with Crippen molar-refractivity contribution in [3.05, 3.63) is 12.3 Å². The topological polar surface area (TPSA) is 41.3 Å². The molecule has 1 fully saturated rings. The number of hydrogen-bond acceptors (Lipinski definition) is 3. The van der Waals surface area contributed by atoms with Crippen molar-refractivity contribution in [1.29, 1.82) is 0 Å². The molecule has 0 radical (unpaired) electrons. The highest BCUT2D eigenvalue weighted by atomic mass is 16.3. The van der Waals surface area contributed by atoms with Gasteiger partial charge in [0.2, 0.25) is 0 Å². The predicted octanol–water partition coefficient (Wildman–Crippen LogP) is 0.629. The molecule has 0 unspecified atom stereocenters. The minimum absolute atomic E-state index is 0.329. The molecule has 0 aromatic carbocycles. The Bertz CT molecular complexity index is 289. The second kappa shape index (κ2) is 4.00. The normalized spacial score (nSPS) is 18.9. The van der Waals surface area contributed by atoms with Crippen LogP contribution in [0.25, 0.3) is 0 Å². The number of hydrogen-bond donors (Lipinski definition) is 1. The second-order valence-corrected chi connectivity index (χ2v) is 3.96. The number of piperidine rings is 1. The Morgan fingerprint density at radius 3 is 2.71 bits per heavy atom. The van der Waals surface area contributed by atoms with Crippen LogP contribution in [0.2, 0.25) is 0 Å². The van der Waals surface area contributed by atoms with Crippen molar-refractivity contribution in [3.8, 4) is 0 Å². The minimum atomic E-state index is 0.329. The lowest BCUT2D eigenvalue weighted by atomic mass is 9.98. The van der Waals surface area contributed by atoms with Crippen molar-refractivity contribution >= 4 is 5.82 Å². The van der Waals surface area contributed by atoms with E-state index < -0.39 is 0 Å². The number of aliphatic hydroxyl groups is 1. The summed E-state index contributed by atoms with van der Waals surface area (Å²) in [5.41, 5.74) is 0. The molecule has 4 nitrogen and oxygen atoms in total. The molecule has 0 atom stereocenters. The molecule has 0 aliphatic carbocycles. The van der Waals surface area contributed by atoms with Gasteiger partial charge in [-0.3, -0.25) is 4.68 Å². The van der Waals surface area contributed by atoms with Crippen LogP contribution in [0.5, 0.6) is 0 Å². The van der Waals surface area contributed by atoms with Gasteiger partial charge >= 0.3 is 0 Å². The third-order valence-electron chi connectivity index (χ3n) is 2.90. The van der Waals surface area contributed by atoms with Gasteiger partial charge in [0.25, 0.3) is 0 Å². The third-order valence-corrected chi connectivity index (χ3v) is 2.90. The van der Waals surface area contributed by atoms with Gasteiger partial charge < -0.3 is 10.0 Å². The quantitative estimate of drug-likeness (QED) is 0.752. The van der Waals surface area contributed by atoms with Crippen molar-refractivity contribution in [2.75, 3.05) is 24.6 Å². The summed E-state index contributed by atoms with van der Waals surface area (Å²) < 4.78 is 1.83. The van der Waals surface area contributed by atoms with Crippen molar-refractivity contribution in [3.63, 3.8) is 0 Å². The molecule has 78 valence electrons. The van der Waals surface area contributed by atoms with Crippen LogP contribution in [-0.2, 0) is 7.05 Å². The Balaban J connectivity index is 1.95. The van der Waals surface area contributed by atoms with Crippen molar-refractivity contribution in [2.24, 2.45) is 13.0 Å². The fourth-order valence-corrected chi connectivity index (χ4v) is 1.92. The first-order valence-corrected chi connectivity index (χ1v) is 5.15. The largest absolute Gasteiger partial charge is 0.396 e. The maximum absolute atomic E-state index is 9.01. The molecule has 1 aromatic rings. The molecule has 0 bridgehead atoms. The van der Waals surface area contributed by atoms with Crippen LogP contribution in [0.3, 0.4) is 0 Å². The first-order valence-electron chi connectivity index (χ1n) is 5.15. The number of rotatable bonds is 2. The number of aromatic nitrogens is 2. The Hall–Kier alpha value is -1.03. The summed E-state index contributed by atoms with van der Waals surface area (Å²) in [5.74, 6) is 1.55. The lowest BCUT2D eigenvalue weighted by Crippen LogP contribution is -2.35. The van der Waals surface area contributed by atoms with Gasteiger partial charge in [-0.1, -0.05) is 0 Å². The van der Waals surface area contributed by atoms with E-state index in [0.717, 1.165) is 31.7 Å². The first-order chi connectivity index (χ1) is 6.79. The van der Waals surface area contributed by atoms with E-state index in [1.807, 2.05) is 24.0 Å². The van der Waals surface area contributed by atoms with Gasteiger partial charge in [0.05, 0.1) is 0 Å². The Morgan fingerprint density at radius 2 is 2.21 bits per heavy atom. The van der Waals surface area contributed by atoms with E-state index in [4.69, 9.17) is 5.11 Å². The number of anilines is 1. The van der Waals surface area contributed by atoms with E-state index >= 15 is 0 Å². The summed E-state index contributed by atoms with van der Waals surface area (Å²) in [4.78, 5) is 2.28. The molecule has 4 heteroatoms. The third kappa shape index (κ3) is 1.90. The molecule has 1 N–H and O–H groups in total. The van der Waals surface area contributed by atoms with Gasteiger partial charge in [-0.15, -0.1) is 0 Å². The highest BCUT2D eigenvalue weighted by molar-refractivity contribution is 5.37. The molecule has 0 saturated carbocycles. The monoisotopic (exact) mass is 195 g/mol. The summed E-state index contributed by atoms with van der Waals surface area (Å²) in [6.45, 7) is 2.36. The maximum Gasteiger partial charge on any atom is 0.150 e. The lowest BCUT2D eigenvalue weighted by Gasteiger charge is -2.30. The number of nitrogens with zero attached hydrogens (tertiary/aromatic N) is 3. The summed E-state index contributed by atoms with van der Waals surface area (Å²) in [5, 5.41) is 13.4. The molecule has 0 spiro atoms. The van der Waals surface area contributed by atoms with Gasteiger partial charge in [0.1, 0.15) is 0 Å². The van der Waals surface area contributed by atoms with Gasteiger partial charge in [-0.05, 0) is 18.8 Å². The van der Waals surface area contributed by atoms with Crippen molar-refractivity contribution in [1.82, 2.24) is 9.78 Å². The zero-order valence-electron chi connectivity index (χ0n) is 8.56. The number of aliphatic hydroxyl groups excluding tert-OH is 1. The molecule has 1 aliphatic rings. The molecule has 1 aliphatic heterocycles. The van der Waals surface area contributed by atoms with Crippen LogP contribution < -0.4 is 4.90 Å². The highest BCUT2D eigenvalue weighted by Crippen LogP contribution is 2.20. The van der Waals surface area contributed by atoms with Crippen LogP contribution in [0.15, 0.2) is 12.3 Å². The average Bonchev–Trinajstić information content (AvgIpc) is 2.65. The van der Waals surface area contributed by atoms with Crippen molar-refractivity contribution in [2.45, 2.75) is 12.8 Å².